The third kappa shape index (κ3) is 3.39. The van der Waals surface area contributed by atoms with Crippen LogP contribution in [-0.2, 0) is 4.74 Å². The van der Waals surface area contributed by atoms with Crippen molar-refractivity contribution in [2.45, 2.75) is 31.7 Å². The molecule has 0 saturated carbocycles. The molecule has 1 fully saturated rings. The zero-order valence-electron chi connectivity index (χ0n) is 13.7. The highest BCUT2D eigenvalue weighted by molar-refractivity contribution is 6.01. The predicted molar refractivity (Wildman–Crippen MR) is 84.3 cm³/mol. The van der Waals surface area contributed by atoms with E-state index in [2.05, 4.69) is 4.98 Å². The van der Waals surface area contributed by atoms with Crippen molar-refractivity contribution in [3.8, 4) is 5.75 Å². The first-order chi connectivity index (χ1) is 11.6. The fourth-order valence-corrected chi connectivity index (χ4v) is 2.96. The van der Waals surface area contributed by atoms with Crippen molar-refractivity contribution in [3.05, 3.63) is 36.2 Å². The van der Waals surface area contributed by atoms with Crippen LogP contribution in [0.1, 0.15) is 24.3 Å². The third-order valence-electron chi connectivity index (χ3n) is 4.05. The van der Waals surface area contributed by atoms with E-state index in [4.69, 9.17) is 4.74 Å². The van der Waals surface area contributed by atoms with E-state index in [1.807, 2.05) is 0 Å². The summed E-state index contributed by atoms with van der Waals surface area (Å²) in [5.41, 5.74) is -1.43. The first kappa shape index (κ1) is 17.5. The van der Waals surface area contributed by atoms with Gasteiger partial charge in [-0.15, -0.1) is 0 Å². The summed E-state index contributed by atoms with van der Waals surface area (Å²) >= 11 is 0. The molecule has 1 atom stereocenters. The van der Waals surface area contributed by atoms with Crippen molar-refractivity contribution in [2.75, 3.05) is 13.1 Å². The maximum absolute atomic E-state index is 13.1. The molecule has 25 heavy (non-hydrogen) atoms. The van der Waals surface area contributed by atoms with Crippen LogP contribution in [0, 0.1) is 0 Å². The first-order valence-electron chi connectivity index (χ1n) is 7.69. The Balaban J connectivity index is 1.96. The molecular formula is C17H17F3N2O3. The van der Waals surface area contributed by atoms with Crippen LogP contribution in [0.5, 0.6) is 5.75 Å². The van der Waals surface area contributed by atoms with Gasteiger partial charge in [0.2, 0.25) is 0 Å². The molecule has 1 aliphatic heterocycles. The first-order valence-corrected chi connectivity index (χ1v) is 7.69. The van der Waals surface area contributed by atoms with E-state index in [-0.39, 0.29) is 18.0 Å². The predicted octanol–water partition coefficient (Wildman–Crippen LogP) is 3.12. The van der Waals surface area contributed by atoms with Crippen LogP contribution in [0.15, 0.2) is 30.5 Å². The largest absolute Gasteiger partial charge is 0.505 e. The molecule has 0 radical (unpaired) electrons. The number of benzene rings is 1. The number of rotatable bonds is 1. The molecule has 1 saturated heterocycles. The molecule has 1 unspecified atom stereocenters. The monoisotopic (exact) mass is 354 g/mol. The zero-order chi connectivity index (χ0) is 18.4. The van der Waals surface area contributed by atoms with Crippen LogP contribution >= 0.6 is 0 Å². The number of ether oxygens (including phenoxy) is 1. The Morgan fingerprint density at radius 3 is 2.72 bits per heavy atom. The van der Waals surface area contributed by atoms with Gasteiger partial charge in [0.15, 0.2) is 17.5 Å². The lowest BCUT2D eigenvalue weighted by atomic mass is 10.0. The Kier molecular flexibility index (Phi) is 4.10. The summed E-state index contributed by atoms with van der Waals surface area (Å²) in [6.07, 6.45) is -5.26. The van der Waals surface area contributed by atoms with Gasteiger partial charge in [-0.2, -0.15) is 13.2 Å². The fraction of sp³-hybridized carbons (Fsp3) is 0.412. The van der Waals surface area contributed by atoms with E-state index >= 15 is 0 Å². The maximum atomic E-state index is 13.1. The number of fused-ring (bicyclic) bond motifs is 1. The second-order valence-electron chi connectivity index (χ2n) is 6.64. The number of aromatic nitrogens is 1. The van der Waals surface area contributed by atoms with Gasteiger partial charge in [0, 0.05) is 23.5 Å². The molecule has 1 N–H and O–H groups in total. The molecular weight excluding hydrogens is 337 g/mol. The van der Waals surface area contributed by atoms with Crippen molar-refractivity contribution in [2.24, 2.45) is 0 Å². The van der Waals surface area contributed by atoms with E-state index < -0.39 is 30.3 Å². The van der Waals surface area contributed by atoms with Gasteiger partial charge >= 0.3 is 6.18 Å². The van der Waals surface area contributed by atoms with Crippen LogP contribution in [0.25, 0.3) is 10.8 Å². The number of hydrogen-bond donors (Lipinski definition) is 1. The number of alkyl halides is 3. The molecule has 3 rings (SSSR count). The van der Waals surface area contributed by atoms with Crippen molar-refractivity contribution >= 4 is 16.7 Å². The molecule has 1 aromatic carbocycles. The number of carbonyl (C=O) groups is 1. The van der Waals surface area contributed by atoms with Gasteiger partial charge in [-0.3, -0.25) is 4.79 Å². The van der Waals surface area contributed by atoms with Crippen LogP contribution < -0.4 is 0 Å². The van der Waals surface area contributed by atoms with E-state index in [9.17, 15) is 23.1 Å². The Morgan fingerprint density at radius 1 is 1.36 bits per heavy atom. The number of pyridine rings is 1. The standard InChI is InChI=1S/C17H17F3N2O3/c1-16(2)9-22(8-12(25-16)17(18,19)20)15(24)13-14(23)11-6-4-3-5-10(11)7-21-13/h3-7,12,23H,8-9H2,1-2H3. The minimum Gasteiger partial charge on any atom is -0.505 e. The molecule has 0 aliphatic carbocycles. The topological polar surface area (TPSA) is 62.7 Å². The van der Waals surface area contributed by atoms with Gasteiger partial charge in [-0.1, -0.05) is 24.3 Å². The normalized spacial score (nSPS) is 20.7. The lowest BCUT2D eigenvalue weighted by Crippen LogP contribution is -2.58. The van der Waals surface area contributed by atoms with E-state index in [0.29, 0.717) is 10.8 Å². The van der Waals surface area contributed by atoms with Crippen LogP contribution in [-0.4, -0.2) is 51.9 Å². The summed E-state index contributed by atoms with van der Waals surface area (Å²) in [6, 6.07) is 6.77. The van der Waals surface area contributed by atoms with Gasteiger partial charge in [0.1, 0.15) is 0 Å². The van der Waals surface area contributed by atoms with Crippen LogP contribution in [0.2, 0.25) is 0 Å². The molecule has 0 bridgehead atoms. The van der Waals surface area contributed by atoms with Gasteiger partial charge in [-0.05, 0) is 13.8 Å². The summed E-state index contributed by atoms with van der Waals surface area (Å²) in [5.74, 6) is -1.09. The van der Waals surface area contributed by atoms with E-state index in [0.717, 1.165) is 4.90 Å². The summed E-state index contributed by atoms with van der Waals surface area (Å²) in [6.45, 7) is 2.30. The lowest BCUT2D eigenvalue weighted by molar-refractivity contribution is -0.267. The second-order valence-corrected chi connectivity index (χ2v) is 6.64. The Labute approximate surface area is 142 Å². The second kappa shape index (κ2) is 5.87. The van der Waals surface area contributed by atoms with Crippen LogP contribution in [0.3, 0.4) is 0 Å². The van der Waals surface area contributed by atoms with E-state index in [1.54, 1.807) is 24.3 Å². The highest BCUT2D eigenvalue weighted by Gasteiger charge is 2.49. The minimum absolute atomic E-state index is 0.0354. The van der Waals surface area contributed by atoms with Gasteiger partial charge < -0.3 is 14.7 Å². The molecule has 1 amide bonds. The molecule has 134 valence electrons. The lowest BCUT2D eigenvalue weighted by Gasteiger charge is -2.43. The molecule has 2 heterocycles. The SMILES string of the molecule is CC1(C)CN(C(=O)c2ncc3ccccc3c2O)CC(C(F)(F)F)O1. The number of halogens is 3. The number of hydrogen-bond acceptors (Lipinski definition) is 4. The highest BCUT2D eigenvalue weighted by Crippen LogP contribution is 2.34. The number of amides is 1. The number of carbonyl (C=O) groups excluding carboxylic acids is 1. The quantitative estimate of drug-likeness (QED) is 0.855. The molecule has 1 aromatic heterocycles. The highest BCUT2D eigenvalue weighted by atomic mass is 19.4. The molecule has 1 aliphatic rings. The molecule has 8 heteroatoms. The Bertz CT molecular complexity index is 820. The summed E-state index contributed by atoms with van der Waals surface area (Å²) in [4.78, 5) is 17.7. The number of morpholine rings is 1. The summed E-state index contributed by atoms with van der Waals surface area (Å²) < 4.78 is 44.3. The van der Waals surface area contributed by atoms with Crippen molar-refractivity contribution in [1.82, 2.24) is 9.88 Å². The van der Waals surface area contributed by atoms with E-state index in [1.165, 1.54) is 20.0 Å². The van der Waals surface area contributed by atoms with Crippen molar-refractivity contribution in [3.63, 3.8) is 0 Å². The average Bonchev–Trinajstić information content (AvgIpc) is 2.52. The van der Waals surface area contributed by atoms with Crippen molar-refractivity contribution in [1.29, 1.82) is 0 Å². The Morgan fingerprint density at radius 2 is 2.04 bits per heavy atom. The van der Waals surface area contributed by atoms with Gasteiger partial charge in [0.25, 0.3) is 5.91 Å². The third-order valence-corrected chi connectivity index (χ3v) is 4.05. The fourth-order valence-electron chi connectivity index (χ4n) is 2.96. The van der Waals surface area contributed by atoms with Gasteiger partial charge in [0.05, 0.1) is 12.1 Å². The minimum atomic E-state index is -4.59. The molecule has 5 nitrogen and oxygen atoms in total. The molecule has 2 aromatic rings. The Hall–Kier alpha value is -2.35. The van der Waals surface area contributed by atoms with Gasteiger partial charge in [-0.25, -0.2) is 4.98 Å². The summed E-state index contributed by atoms with van der Waals surface area (Å²) in [5, 5.41) is 11.4. The van der Waals surface area contributed by atoms with Crippen LogP contribution in [0.4, 0.5) is 13.2 Å². The maximum Gasteiger partial charge on any atom is 0.416 e. The number of nitrogens with zero attached hydrogens (tertiary/aromatic N) is 2. The molecule has 0 spiro atoms. The smallest absolute Gasteiger partial charge is 0.416 e. The zero-order valence-corrected chi connectivity index (χ0v) is 13.7. The van der Waals surface area contributed by atoms with Crippen molar-refractivity contribution < 1.29 is 27.8 Å². The average molecular weight is 354 g/mol. The number of aromatic hydroxyl groups is 1. The summed E-state index contributed by atoms with van der Waals surface area (Å²) in [7, 11) is 0.